The van der Waals surface area contributed by atoms with Crippen molar-refractivity contribution in [1.82, 2.24) is 19.5 Å². The highest BCUT2D eigenvalue weighted by Crippen LogP contribution is 2.15. The van der Waals surface area contributed by atoms with E-state index in [2.05, 4.69) is 31.8 Å². The van der Waals surface area contributed by atoms with Crippen LogP contribution in [0.15, 0.2) is 24.8 Å². The lowest BCUT2D eigenvalue weighted by Gasteiger charge is -2.06. The second-order valence-electron chi connectivity index (χ2n) is 3.49. The highest BCUT2D eigenvalue weighted by atomic mass is 15.1. The van der Waals surface area contributed by atoms with Crippen LogP contribution in [-0.4, -0.2) is 26.6 Å². The number of nitrogens with zero attached hydrogens (tertiary/aromatic N) is 4. The molecule has 0 aliphatic rings. The fourth-order valence-electron chi connectivity index (χ4n) is 1.55. The van der Waals surface area contributed by atoms with Crippen molar-refractivity contribution in [2.45, 2.75) is 19.9 Å². The molecule has 0 fully saturated rings. The third-order valence-electron chi connectivity index (χ3n) is 2.32. The summed E-state index contributed by atoms with van der Waals surface area (Å²) < 4.78 is 2.06. The van der Waals surface area contributed by atoms with E-state index in [0.29, 0.717) is 5.82 Å². The van der Waals surface area contributed by atoms with Gasteiger partial charge in [0.05, 0.1) is 12.5 Å². The third kappa shape index (κ3) is 2.03. The zero-order chi connectivity index (χ0) is 11.4. The van der Waals surface area contributed by atoms with Crippen LogP contribution < -0.4 is 5.32 Å². The Morgan fingerprint density at radius 3 is 3.06 bits per heavy atom. The van der Waals surface area contributed by atoms with Crippen molar-refractivity contribution in [3.05, 3.63) is 24.8 Å². The van der Waals surface area contributed by atoms with Gasteiger partial charge in [-0.1, -0.05) is 6.92 Å². The number of anilines is 1. The van der Waals surface area contributed by atoms with E-state index in [4.69, 9.17) is 0 Å². The van der Waals surface area contributed by atoms with Crippen molar-refractivity contribution in [1.29, 1.82) is 0 Å². The lowest BCUT2D eigenvalue weighted by Crippen LogP contribution is -2.01. The quantitative estimate of drug-likeness (QED) is 0.848. The Balaban J connectivity index is 2.37. The number of hydrogen-bond acceptors (Lipinski definition) is 4. The molecule has 0 bridgehead atoms. The van der Waals surface area contributed by atoms with Gasteiger partial charge in [-0.05, 0) is 12.5 Å². The summed E-state index contributed by atoms with van der Waals surface area (Å²) in [6.45, 7) is 3.07. The van der Waals surface area contributed by atoms with Gasteiger partial charge in [-0.3, -0.25) is 0 Å². The predicted octanol–water partition coefficient (Wildman–Crippen LogP) is 1.79. The van der Waals surface area contributed by atoms with Crippen LogP contribution in [0, 0.1) is 0 Å². The molecule has 0 radical (unpaired) electrons. The van der Waals surface area contributed by atoms with Gasteiger partial charge in [0, 0.05) is 19.8 Å². The summed E-state index contributed by atoms with van der Waals surface area (Å²) in [4.78, 5) is 12.8. The molecule has 0 spiro atoms. The third-order valence-corrected chi connectivity index (χ3v) is 2.32. The first-order valence-electron chi connectivity index (χ1n) is 5.36. The Morgan fingerprint density at radius 2 is 2.31 bits per heavy atom. The summed E-state index contributed by atoms with van der Waals surface area (Å²) in [6.07, 6.45) is 6.42. The van der Waals surface area contributed by atoms with E-state index in [1.165, 1.54) is 0 Å². The van der Waals surface area contributed by atoms with Gasteiger partial charge in [0.1, 0.15) is 11.5 Å². The Bertz CT molecular complexity index is 463. The molecule has 0 aromatic carbocycles. The fraction of sp³-hybridized carbons (Fsp3) is 0.364. The van der Waals surface area contributed by atoms with E-state index in [1.54, 1.807) is 12.4 Å². The van der Waals surface area contributed by atoms with Crippen LogP contribution in [0.2, 0.25) is 0 Å². The summed E-state index contributed by atoms with van der Waals surface area (Å²) in [5.41, 5.74) is 0.957. The molecule has 2 aromatic rings. The SMILES string of the molecule is CCCn1cncc1-c1nccc(NC)n1. The summed E-state index contributed by atoms with van der Waals surface area (Å²) >= 11 is 0. The van der Waals surface area contributed by atoms with Gasteiger partial charge in [-0.25, -0.2) is 15.0 Å². The monoisotopic (exact) mass is 217 g/mol. The Hall–Kier alpha value is -1.91. The normalized spacial score (nSPS) is 10.4. The molecule has 16 heavy (non-hydrogen) atoms. The van der Waals surface area contributed by atoms with Crippen LogP contribution >= 0.6 is 0 Å². The number of imidazole rings is 1. The molecular formula is C11H15N5. The predicted molar refractivity (Wildman–Crippen MR) is 63.1 cm³/mol. The molecule has 2 rings (SSSR count). The van der Waals surface area contributed by atoms with E-state index < -0.39 is 0 Å². The summed E-state index contributed by atoms with van der Waals surface area (Å²) in [5, 5.41) is 3.00. The van der Waals surface area contributed by atoms with Crippen molar-refractivity contribution in [3.63, 3.8) is 0 Å². The molecular weight excluding hydrogens is 202 g/mol. The zero-order valence-corrected chi connectivity index (χ0v) is 9.51. The minimum absolute atomic E-state index is 0.706. The van der Waals surface area contributed by atoms with Gasteiger partial charge in [-0.15, -0.1) is 0 Å². The Kier molecular flexibility index (Phi) is 3.14. The van der Waals surface area contributed by atoms with Crippen molar-refractivity contribution < 1.29 is 0 Å². The first-order valence-corrected chi connectivity index (χ1v) is 5.36. The molecule has 0 saturated heterocycles. The number of aromatic nitrogens is 4. The largest absolute Gasteiger partial charge is 0.373 e. The lowest BCUT2D eigenvalue weighted by molar-refractivity contribution is 0.681. The van der Waals surface area contributed by atoms with Gasteiger partial charge in [0.2, 0.25) is 0 Å². The molecule has 5 nitrogen and oxygen atoms in total. The average molecular weight is 217 g/mol. The molecule has 2 heterocycles. The highest BCUT2D eigenvalue weighted by Gasteiger charge is 2.07. The molecule has 0 aliphatic heterocycles. The minimum atomic E-state index is 0.706. The Labute approximate surface area is 94.6 Å². The van der Waals surface area contributed by atoms with Crippen LogP contribution in [0.1, 0.15) is 13.3 Å². The van der Waals surface area contributed by atoms with Crippen LogP contribution in [0.5, 0.6) is 0 Å². The maximum atomic E-state index is 4.39. The van der Waals surface area contributed by atoms with Crippen molar-refractivity contribution in [2.75, 3.05) is 12.4 Å². The fourth-order valence-corrected chi connectivity index (χ4v) is 1.55. The first kappa shape index (κ1) is 10.6. The maximum Gasteiger partial charge on any atom is 0.179 e. The van der Waals surface area contributed by atoms with Crippen molar-refractivity contribution in [3.8, 4) is 11.5 Å². The standard InChI is InChI=1S/C11H15N5/c1-3-6-16-8-13-7-9(16)11-14-5-4-10(12-2)15-11/h4-5,7-8H,3,6H2,1-2H3,(H,12,14,15). The van der Waals surface area contributed by atoms with Gasteiger partial charge in [-0.2, -0.15) is 0 Å². The highest BCUT2D eigenvalue weighted by molar-refractivity contribution is 5.51. The average Bonchev–Trinajstić information content (AvgIpc) is 2.78. The summed E-state index contributed by atoms with van der Waals surface area (Å²) in [7, 11) is 1.84. The van der Waals surface area contributed by atoms with Gasteiger partial charge >= 0.3 is 0 Å². The zero-order valence-electron chi connectivity index (χ0n) is 9.51. The number of nitrogens with one attached hydrogen (secondary N) is 1. The number of aryl methyl sites for hydroxylation is 1. The minimum Gasteiger partial charge on any atom is -0.373 e. The topological polar surface area (TPSA) is 55.6 Å². The molecule has 84 valence electrons. The first-order chi connectivity index (χ1) is 7.85. The second kappa shape index (κ2) is 4.74. The van der Waals surface area contributed by atoms with Crippen LogP contribution in [0.3, 0.4) is 0 Å². The van der Waals surface area contributed by atoms with Crippen LogP contribution in [0.4, 0.5) is 5.82 Å². The maximum absolute atomic E-state index is 4.39. The molecule has 0 atom stereocenters. The second-order valence-corrected chi connectivity index (χ2v) is 3.49. The van der Waals surface area contributed by atoms with Gasteiger partial charge in [0.15, 0.2) is 5.82 Å². The van der Waals surface area contributed by atoms with Crippen molar-refractivity contribution in [2.24, 2.45) is 0 Å². The molecule has 2 aromatic heterocycles. The van der Waals surface area contributed by atoms with E-state index in [1.807, 2.05) is 19.4 Å². The van der Waals surface area contributed by atoms with Crippen LogP contribution in [-0.2, 0) is 6.54 Å². The molecule has 5 heteroatoms. The van der Waals surface area contributed by atoms with E-state index >= 15 is 0 Å². The van der Waals surface area contributed by atoms with E-state index in [9.17, 15) is 0 Å². The van der Waals surface area contributed by atoms with Crippen LogP contribution in [0.25, 0.3) is 11.5 Å². The molecule has 0 unspecified atom stereocenters. The summed E-state index contributed by atoms with van der Waals surface area (Å²) in [6, 6.07) is 1.84. The van der Waals surface area contributed by atoms with E-state index in [0.717, 1.165) is 24.5 Å². The van der Waals surface area contributed by atoms with Gasteiger partial charge in [0.25, 0.3) is 0 Å². The Morgan fingerprint density at radius 1 is 1.44 bits per heavy atom. The van der Waals surface area contributed by atoms with E-state index in [-0.39, 0.29) is 0 Å². The van der Waals surface area contributed by atoms with Gasteiger partial charge < -0.3 is 9.88 Å². The number of rotatable bonds is 4. The van der Waals surface area contributed by atoms with Crippen molar-refractivity contribution >= 4 is 5.82 Å². The smallest absolute Gasteiger partial charge is 0.179 e. The molecule has 0 aliphatic carbocycles. The lowest BCUT2D eigenvalue weighted by atomic mass is 10.4. The summed E-state index contributed by atoms with van der Waals surface area (Å²) in [5.74, 6) is 1.52. The number of hydrogen-bond donors (Lipinski definition) is 1. The molecule has 0 saturated carbocycles. The molecule has 1 N–H and O–H groups in total. The molecule has 0 amide bonds.